The van der Waals surface area contributed by atoms with Gasteiger partial charge in [0.25, 0.3) is 11.7 Å². The SMILES string of the molecule is COc1ccc(/C(O)=C2\C(=O)C(=O)N(CCCn3ccnc3)C2c2cccs2)c(OC)c1. The molecular weight excluding hydrogens is 430 g/mol. The van der Waals surface area contributed by atoms with E-state index in [4.69, 9.17) is 9.47 Å². The Hall–Kier alpha value is -3.59. The lowest BCUT2D eigenvalue weighted by molar-refractivity contribution is -0.139. The fourth-order valence-electron chi connectivity index (χ4n) is 3.84. The number of aryl methyl sites for hydroxylation is 1. The van der Waals surface area contributed by atoms with Crippen LogP contribution in [0.1, 0.15) is 22.9 Å². The quantitative estimate of drug-likeness (QED) is 0.319. The lowest BCUT2D eigenvalue weighted by atomic mass is 9.99. The molecule has 1 fully saturated rings. The minimum Gasteiger partial charge on any atom is -0.507 e. The van der Waals surface area contributed by atoms with Crippen LogP contribution < -0.4 is 9.47 Å². The first-order valence-electron chi connectivity index (χ1n) is 10.0. The highest BCUT2D eigenvalue weighted by Crippen LogP contribution is 2.42. The molecule has 166 valence electrons. The summed E-state index contributed by atoms with van der Waals surface area (Å²) in [6.07, 6.45) is 5.89. The monoisotopic (exact) mass is 453 g/mol. The highest BCUT2D eigenvalue weighted by molar-refractivity contribution is 7.10. The van der Waals surface area contributed by atoms with Gasteiger partial charge in [0.2, 0.25) is 0 Å². The summed E-state index contributed by atoms with van der Waals surface area (Å²) in [7, 11) is 3.00. The van der Waals surface area contributed by atoms with Crippen LogP contribution in [0, 0.1) is 0 Å². The zero-order valence-electron chi connectivity index (χ0n) is 17.7. The Balaban J connectivity index is 1.73. The maximum absolute atomic E-state index is 13.1. The molecule has 1 amide bonds. The van der Waals surface area contributed by atoms with E-state index in [0.717, 1.165) is 4.88 Å². The van der Waals surface area contributed by atoms with Crippen molar-refractivity contribution in [1.82, 2.24) is 14.5 Å². The second-order valence-electron chi connectivity index (χ2n) is 7.23. The van der Waals surface area contributed by atoms with Gasteiger partial charge in [0.15, 0.2) is 0 Å². The molecule has 3 aromatic rings. The van der Waals surface area contributed by atoms with Crippen molar-refractivity contribution in [3.8, 4) is 11.5 Å². The molecule has 8 nitrogen and oxygen atoms in total. The van der Waals surface area contributed by atoms with Gasteiger partial charge in [-0.2, -0.15) is 0 Å². The highest BCUT2D eigenvalue weighted by atomic mass is 32.1. The number of carbonyl (C=O) groups excluding carboxylic acids is 2. The van der Waals surface area contributed by atoms with Crippen LogP contribution in [0.15, 0.2) is 60.0 Å². The molecule has 3 heterocycles. The van der Waals surface area contributed by atoms with Gasteiger partial charge in [0.1, 0.15) is 17.3 Å². The molecule has 1 atom stereocenters. The Labute approximate surface area is 189 Å². The number of amides is 1. The summed E-state index contributed by atoms with van der Waals surface area (Å²) in [5.74, 6) is -0.700. The maximum atomic E-state index is 13.1. The number of ether oxygens (including phenoxy) is 2. The number of hydrogen-bond acceptors (Lipinski definition) is 7. The molecule has 1 unspecified atom stereocenters. The molecule has 2 aromatic heterocycles. The number of aliphatic hydroxyl groups excluding tert-OH is 1. The fraction of sp³-hybridized carbons (Fsp3) is 0.261. The van der Waals surface area contributed by atoms with Crippen LogP contribution in [0.25, 0.3) is 5.76 Å². The van der Waals surface area contributed by atoms with Crippen LogP contribution in [0.2, 0.25) is 0 Å². The van der Waals surface area contributed by atoms with Crippen molar-refractivity contribution in [3.05, 3.63) is 70.4 Å². The third-order valence-corrected chi connectivity index (χ3v) is 6.32. The Morgan fingerprint density at radius 1 is 1.19 bits per heavy atom. The molecule has 1 saturated heterocycles. The topological polar surface area (TPSA) is 93.9 Å². The number of aliphatic hydroxyl groups is 1. The Morgan fingerprint density at radius 2 is 2.03 bits per heavy atom. The first-order chi connectivity index (χ1) is 15.5. The van der Waals surface area contributed by atoms with E-state index in [9.17, 15) is 14.7 Å². The molecule has 4 rings (SSSR count). The Morgan fingerprint density at radius 3 is 2.69 bits per heavy atom. The molecular formula is C23H23N3O5S. The number of likely N-dealkylation sites (tertiary alicyclic amines) is 1. The Kier molecular flexibility index (Phi) is 6.27. The minimum atomic E-state index is -0.707. The number of carbonyl (C=O) groups is 2. The molecule has 32 heavy (non-hydrogen) atoms. The molecule has 0 bridgehead atoms. The number of Topliss-reactive ketones (excluding diaryl/α,β-unsaturated/α-hetero) is 1. The van der Waals surface area contributed by atoms with E-state index < -0.39 is 17.7 Å². The molecule has 0 spiro atoms. The normalized spacial score (nSPS) is 17.7. The van der Waals surface area contributed by atoms with Crippen molar-refractivity contribution in [1.29, 1.82) is 0 Å². The van der Waals surface area contributed by atoms with E-state index in [1.54, 1.807) is 30.7 Å². The maximum Gasteiger partial charge on any atom is 0.295 e. The summed E-state index contributed by atoms with van der Waals surface area (Å²) < 4.78 is 12.5. The number of hydrogen-bond donors (Lipinski definition) is 1. The average Bonchev–Trinajstić information content (AvgIpc) is 3.57. The first kappa shape index (κ1) is 21.6. The fourth-order valence-corrected chi connectivity index (χ4v) is 4.68. The lowest BCUT2D eigenvalue weighted by Crippen LogP contribution is -2.31. The summed E-state index contributed by atoms with van der Waals surface area (Å²) in [5.41, 5.74) is 0.384. The number of imidazole rings is 1. The third-order valence-electron chi connectivity index (χ3n) is 5.39. The smallest absolute Gasteiger partial charge is 0.295 e. The molecule has 0 radical (unpaired) electrons. The van der Waals surface area contributed by atoms with Gasteiger partial charge in [-0.15, -0.1) is 11.3 Å². The van der Waals surface area contributed by atoms with Crippen LogP contribution in [0.4, 0.5) is 0 Å². The second kappa shape index (κ2) is 9.27. The van der Waals surface area contributed by atoms with Crippen molar-refractivity contribution in [2.75, 3.05) is 20.8 Å². The number of benzene rings is 1. The summed E-state index contributed by atoms with van der Waals surface area (Å²) in [6, 6.07) is 7.97. The minimum absolute atomic E-state index is 0.0588. The molecule has 1 aliphatic rings. The van der Waals surface area contributed by atoms with Crippen LogP contribution >= 0.6 is 11.3 Å². The number of ketones is 1. The summed E-state index contributed by atoms with van der Waals surface area (Å²) >= 11 is 1.43. The van der Waals surface area contributed by atoms with Crippen LogP contribution in [-0.2, 0) is 16.1 Å². The van der Waals surface area contributed by atoms with E-state index in [1.807, 2.05) is 28.3 Å². The standard InChI is InChI=1S/C23H23N3O5S/c1-30-15-6-7-16(17(13-15)31-2)21(27)19-20(18-5-3-12-32-18)26(23(29)22(19)28)10-4-9-25-11-8-24-14-25/h3,5-8,11-14,20,27H,4,9-10H2,1-2H3/b21-19+. The van der Waals surface area contributed by atoms with Crippen LogP contribution in [0.3, 0.4) is 0 Å². The van der Waals surface area contributed by atoms with E-state index in [2.05, 4.69) is 4.98 Å². The Bertz CT molecular complexity index is 1140. The predicted molar refractivity (Wildman–Crippen MR) is 120 cm³/mol. The van der Waals surface area contributed by atoms with Gasteiger partial charge in [0.05, 0.1) is 37.7 Å². The number of rotatable bonds is 8. The highest BCUT2D eigenvalue weighted by Gasteiger charge is 2.46. The van der Waals surface area contributed by atoms with E-state index >= 15 is 0 Å². The van der Waals surface area contributed by atoms with Crippen molar-refractivity contribution < 1.29 is 24.2 Å². The van der Waals surface area contributed by atoms with Gasteiger partial charge in [0, 0.05) is 36.4 Å². The van der Waals surface area contributed by atoms with E-state index in [1.165, 1.54) is 30.5 Å². The molecule has 1 N–H and O–H groups in total. The van der Waals surface area contributed by atoms with Crippen molar-refractivity contribution in [3.63, 3.8) is 0 Å². The number of nitrogens with zero attached hydrogens (tertiary/aromatic N) is 3. The molecule has 0 saturated carbocycles. The molecule has 1 aromatic carbocycles. The number of aromatic nitrogens is 2. The van der Waals surface area contributed by atoms with Gasteiger partial charge in [-0.1, -0.05) is 6.07 Å². The van der Waals surface area contributed by atoms with Crippen LogP contribution in [-0.4, -0.2) is 52.0 Å². The summed E-state index contributed by atoms with van der Waals surface area (Å²) in [5, 5.41) is 13.1. The second-order valence-corrected chi connectivity index (χ2v) is 8.21. The average molecular weight is 454 g/mol. The summed E-state index contributed by atoms with van der Waals surface area (Å²) in [6.45, 7) is 1.02. The zero-order chi connectivity index (χ0) is 22.7. The van der Waals surface area contributed by atoms with E-state index in [0.29, 0.717) is 36.6 Å². The molecule has 0 aliphatic carbocycles. The van der Waals surface area contributed by atoms with Crippen molar-refractivity contribution in [2.45, 2.75) is 19.0 Å². The third kappa shape index (κ3) is 3.99. The molecule has 1 aliphatic heterocycles. The van der Waals surface area contributed by atoms with Gasteiger partial charge in [-0.05, 0) is 30.0 Å². The predicted octanol–water partition coefficient (Wildman–Crippen LogP) is 3.47. The largest absolute Gasteiger partial charge is 0.507 e. The van der Waals surface area contributed by atoms with Crippen LogP contribution in [0.5, 0.6) is 11.5 Å². The van der Waals surface area contributed by atoms with Gasteiger partial charge in [-0.25, -0.2) is 4.98 Å². The van der Waals surface area contributed by atoms with Gasteiger partial charge < -0.3 is 24.0 Å². The van der Waals surface area contributed by atoms with E-state index in [-0.39, 0.29) is 11.3 Å². The zero-order valence-corrected chi connectivity index (χ0v) is 18.5. The van der Waals surface area contributed by atoms with Crippen molar-refractivity contribution >= 4 is 28.8 Å². The first-order valence-corrected chi connectivity index (χ1v) is 10.9. The summed E-state index contributed by atoms with van der Waals surface area (Å²) in [4.78, 5) is 32.4. The lowest BCUT2D eigenvalue weighted by Gasteiger charge is -2.24. The van der Waals surface area contributed by atoms with Gasteiger partial charge in [-0.3, -0.25) is 9.59 Å². The molecule has 9 heteroatoms. The number of thiophene rings is 1. The van der Waals surface area contributed by atoms with Gasteiger partial charge >= 0.3 is 0 Å². The number of methoxy groups -OCH3 is 2. The van der Waals surface area contributed by atoms with Crippen molar-refractivity contribution in [2.24, 2.45) is 0 Å².